The van der Waals surface area contributed by atoms with Crippen LogP contribution in [0.4, 0.5) is 4.39 Å². The molecule has 2 N–H and O–H groups in total. The molecule has 0 aromatic carbocycles. The molecule has 1 heterocycles. The van der Waals surface area contributed by atoms with Crippen molar-refractivity contribution < 1.29 is 19.1 Å². The molecule has 120 valence electrons. The molecule has 5 nitrogen and oxygen atoms in total. The largest absolute Gasteiger partial charge is 0.391 e. The van der Waals surface area contributed by atoms with E-state index in [-0.39, 0.29) is 31.3 Å². The number of carbonyl (C=O) groups is 2. The lowest BCUT2D eigenvalue weighted by atomic mass is 9.85. The summed E-state index contributed by atoms with van der Waals surface area (Å²) < 4.78 is 13.8. The van der Waals surface area contributed by atoms with Crippen LogP contribution in [0.1, 0.15) is 47.0 Å². The Kier molecular flexibility index (Phi) is 4.04. The summed E-state index contributed by atoms with van der Waals surface area (Å²) in [5, 5.41) is 12.3. The van der Waals surface area contributed by atoms with Crippen LogP contribution in [0.5, 0.6) is 0 Å². The van der Waals surface area contributed by atoms with Gasteiger partial charge in [0, 0.05) is 12.6 Å². The van der Waals surface area contributed by atoms with Crippen molar-refractivity contribution in [2.24, 2.45) is 5.41 Å². The number of rotatable bonds is 3. The second-order valence-corrected chi connectivity index (χ2v) is 7.47. The number of alkyl halides is 1. The fourth-order valence-electron chi connectivity index (χ4n) is 2.72. The van der Waals surface area contributed by atoms with E-state index in [2.05, 4.69) is 5.32 Å². The number of aliphatic hydroxyl groups excluding tert-OH is 1. The summed E-state index contributed by atoms with van der Waals surface area (Å²) in [6.45, 7) is 7.65. The third-order valence-electron chi connectivity index (χ3n) is 4.32. The van der Waals surface area contributed by atoms with Crippen molar-refractivity contribution in [3.63, 3.8) is 0 Å². The molecule has 1 saturated heterocycles. The van der Waals surface area contributed by atoms with Crippen LogP contribution in [0.25, 0.3) is 0 Å². The minimum absolute atomic E-state index is 0.0745. The van der Waals surface area contributed by atoms with Gasteiger partial charge in [-0.3, -0.25) is 9.59 Å². The maximum absolute atomic E-state index is 13.8. The smallest absolute Gasteiger partial charge is 0.258 e. The Hall–Kier alpha value is -1.17. The van der Waals surface area contributed by atoms with Gasteiger partial charge in [0.25, 0.3) is 5.91 Å². The Morgan fingerprint density at radius 1 is 1.38 bits per heavy atom. The lowest BCUT2D eigenvalue weighted by molar-refractivity contribution is -0.141. The summed E-state index contributed by atoms with van der Waals surface area (Å²) >= 11 is 0. The Morgan fingerprint density at radius 2 is 1.95 bits per heavy atom. The molecule has 6 heteroatoms. The molecular weight excluding hydrogens is 275 g/mol. The van der Waals surface area contributed by atoms with Crippen LogP contribution < -0.4 is 5.32 Å². The molecule has 2 amide bonds. The molecule has 0 spiro atoms. The predicted octanol–water partition coefficient (Wildman–Crippen LogP) is 1.00. The van der Waals surface area contributed by atoms with E-state index in [4.69, 9.17) is 0 Å². The second kappa shape index (κ2) is 5.23. The van der Waals surface area contributed by atoms with Crippen LogP contribution in [0, 0.1) is 5.41 Å². The Labute approximate surface area is 124 Å². The maximum Gasteiger partial charge on any atom is 0.258 e. The normalized spacial score (nSPS) is 29.1. The van der Waals surface area contributed by atoms with Crippen molar-refractivity contribution >= 4 is 11.8 Å². The minimum Gasteiger partial charge on any atom is -0.391 e. The van der Waals surface area contributed by atoms with Crippen LogP contribution in [-0.2, 0) is 9.59 Å². The highest BCUT2D eigenvalue weighted by molar-refractivity contribution is 5.93. The Morgan fingerprint density at radius 3 is 2.33 bits per heavy atom. The van der Waals surface area contributed by atoms with E-state index in [1.165, 1.54) is 0 Å². The molecule has 0 aromatic rings. The Bertz CT molecular complexity index is 443. The van der Waals surface area contributed by atoms with E-state index in [1.807, 2.05) is 27.7 Å². The average Bonchev–Trinajstić information content (AvgIpc) is 3.00. The van der Waals surface area contributed by atoms with Gasteiger partial charge < -0.3 is 15.3 Å². The van der Waals surface area contributed by atoms with E-state index >= 15 is 0 Å². The zero-order valence-corrected chi connectivity index (χ0v) is 13.1. The number of nitrogens with zero attached hydrogens (tertiary/aromatic N) is 1. The van der Waals surface area contributed by atoms with Crippen LogP contribution in [0.2, 0.25) is 0 Å². The topological polar surface area (TPSA) is 69.6 Å². The van der Waals surface area contributed by atoms with E-state index in [0.29, 0.717) is 6.42 Å². The van der Waals surface area contributed by atoms with Crippen molar-refractivity contribution in [2.75, 3.05) is 6.54 Å². The fraction of sp³-hybridized carbons (Fsp3) is 0.867. The molecule has 0 bridgehead atoms. The highest BCUT2D eigenvalue weighted by Gasteiger charge is 2.53. The van der Waals surface area contributed by atoms with E-state index in [0.717, 1.165) is 0 Å². The molecule has 0 unspecified atom stereocenters. The first-order chi connectivity index (χ1) is 9.54. The predicted molar refractivity (Wildman–Crippen MR) is 76.3 cm³/mol. The molecule has 2 fully saturated rings. The molecule has 1 aliphatic carbocycles. The summed E-state index contributed by atoms with van der Waals surface area (Å²) in [5.41, 5.74) is -2.31. The zero-order valence-electron chi connectivity index (χ0n) is 13.1. The molecule has 1 aliphatic heterocycles. The number of hydrogen-bond donors (Lipinski definition) is 2. The van der Waals surface area contributed by atoms with Gasteiger partial charge in [-0.05, 0) is 31.6 Å². The maximum atomic E-state index is 13.8. The van der Waals surface area contributed by atoms with Gasteiger partial charge in [-0.25, -0.2) is 4.39 Å². The van der Waals surface area contributed by atoms with Gasteiger partial charge in [0.15, 0.2) is 5.67 Å². The molecular formula is C15H25FN2O3. The lowest BCUT2D eigenvalue weighted by Crippen LogP contribution is -2.57. The number of amides is 2. The molecule has 3 atom stereocenters. The SMILES string of the molecule is C[C@@H]1C[C@@H](O)CN1C(=O)[C@@H](NC(=O)C1(F)CC1)C(C)(C)C. The number of hydrogen-bond acceptors (Lipinski definition) is 3. The standard InChI is InChI=1S/C15H25FN2O3/c1-9-7-10(19)8-18(9)12(20)11(14(2,3)4)17-13(21)15(16)5-6-15/h9-11,19H,5-8H2,1-4H3,(H,17,21)/t9-,10-,11-/m1/s1. The number of carbonyl (C=O) groups excluding carboxylic acids is 2. The van der Waals surface area contributed by atoms with Crippen LogP contribution >= 0.6 is 0 Å². The first-order valence-electron chi connectivity index (χ1n) is 7.53. The summed E-state index contributed by atoms with van der Waals surface area (Å²) in [7, 11) is 0. The quantitative estimate of drug-likeness (QED) is 0.817. The van der Waals surface area contributed by atoms with Crippen LogP contribution in [-0.4, -0.2) is 52.2 Å². The molecule has 0 radical (unpaired) electrons. The van der Waals surface area contributed by atoms with Gasteiger partial charge in [0.2, 0.25) is 5.91 Å². The van der Waals surface area contributed by atoms with Crippen molar-refractivity contribution in [2.45, 2.75) is 70.8 Å². The third-order valence-corrected chi connectivity index (χ3v) is 4.32. The van der Waals surface area contributed by atoms with E-state index < -0.39 is 29.1 Å². The fourth-order valence-corrected chi connectivity index (χ4v) is 2.72. The minimum atomic E-state index is -1.79. The van der Waals surface area contributed by atoms with Crippen molar-refractivity contribution in [3.05, 3.63) is 0 Å². The summed E-state index contributed by atoms with van der Waals surface area (Å²) in [4.78, 5) is 26.2. The zero-order chi connectivity index (χ0) is 16.0. The van der Waals surface area contributed by atoms with Gasteiger partial charge >= 0.3 is 0 Å². The molecule has 1 saturated carbocycles. The first-order valence-corrected chi connectivity index (χ1v) is 7.53. The number of halogens is 1. The van der Waals surface area contributed by atoms with Gasteiger partial charge in [-0.2, -0.15) is 0 Å². The van der Waals surface area contributed by atoms with E-state index in [9.17, 15) is 19.1 Å². The van der Waals surface area contributed by atoms with Gasteiger partial charge in [-0.15, -0.1) is 0 Å². The third kappa shape index (κ3) is 3.36. The molecule has 2 aliphatic rings. The highest BCUT2D eigenvalue weighted by atomic mass is 19.1. The average molecular weight is 300 g/mol. The molecule has 2 rings (SSSR count). The summed E-state index contributed by atoms with van der Waals surface area (Å²) in [5.74, 6) is -0.938. The monoisotopic (exact) mass is 300 g/mol. The lowest BCUT2D eigenvalue weighted by Gasteiger charge is -2.35. The number of likely N-dealkylation sites (tertiary alicyclic amines) is 1. The van der Waals surface area contributed by atoms with Crippen LogP contribution in [0.3, 0.4) is 0 Å². The number of β-amino-alcohol motifs (C(OH)–C–C–N with tert-alkyl or cyclic N) is 1. The number of nitrogens with one attached hydrogen (secondary N) is 1. The van der Waals surface area contributed by atoms with Gasteiger partial charge in [0.05, 0.1) is 6.10 Å². The Balaban J connectivity index is 2.12. The van der Waals surface area contributed by atoms with Gasteiger partial charge in [0.1, 0.15) is 6.04 Å². The highest BCUT2D eigenvalue weighted by Crippen LogP contribution is 2.40. The molecule has 21 heavy (non-hydrogen) atoms. The van der Waals surface area contributed by atoms with Crippen molar-refractivity contribution in [1.29, 1.82) is 0 Å². The number of aliphatic hydroxyl groups is 1. The second-order valence-electron chi connectivity index (χ2n) is 7.47. The van der Waals surface area contributed by atoms with Crippen molar-refractivity contribution in [3.8, 4) is 0 Å². The molecule has 0 aromatic heterocycles. The van der Waals surface area contributed by atoms with Crippen LogP contribution in [0.15, 0.2) is 0 Å². The first kappa shape index (κ1) is 16.2. The van der Waals surface area contributed by atoms with Crippen molar-refractivity contribution in [1.82, 2.24) is 10.2 Å². The summed E-state index contributed by atoms with van der Waals surface area (Å²) in [6, 6.07) is -0.861. The van der Waals surface area contributed by atoms with Gasteiger partial charge in [-0.1, -0.05) is 20.8 Å². The summed E-state index contributed by atoms with van der Waals surface area (Å²) in [6.07, 6.45) is 0.450. The van der Waals surface area contributed by atoms with E-state index in [1.54, 1.807) is 4.90 Å².